The number of carbonyl (C=O) groups excluding carboxylic acids is 1. The van der Waals surface area contributed by atoms with Crippen molar-refractivity contribution >= 4 is 5.91 Å². The van der Waals surface area contributed by atoms with Gasteiger partial charge in [-0.05, 0) is 31.7 Å². The Morgan fingerprint density at radius 1 is 1.25 bits per heavy atom. The van der Waals surface area contributed by atoms with Gasteiger partial charge in [0.1, 0.15) is 5.82 Å². The molecule has 1 amide bonds. The molecule has 1 fully saturated rings. The van der Waals surface area contributed by atoms with Gasteiger partial charge in [0.25, 0.3) is 5.91 Å². The molecule has 1 aliphatic heterocycles. The highest BCUT2D eigenvalue weighted by Crippen LogP contribution is 2.12. The van der Waals surface area contributed by atoms with E-state index in [2.05, 4.69) is 50.6 Å². The number of aromatic nitrogens is 3. The minimum atomic E-state index is -0.124. The van der Waals surface area contributed by atoms with Crippen LogP contribution >= 0.6 is 0 Å². The van der Waals surface area contributed by atoms with E-state index < -0.39 is 0 Å². The van der Waals surface area contributed by atoms with Crippen LogP contribution in [0.1, 0.15) is 34.8 Å². The van der Waals surface area contributed by atoms with Crippen molar-refractivity contribution in [1.29, 1.82) is 0 Å². The normalized spacial score (nSPS) is 16.2. The van der Waals surface area contributed by atoms with E-state index in [1.165, 1.54) is 5.56 Å². The second-order valence-corrected chi connectivity index (χ2v) is 6.43. The summed E-state index contributed by atoms with van der Waals surface area (Å²) in [4.78, 5) is 18.9. The quantitative estimate of drug-likeness (QED) is 0.905. The number of hydrogen-bond acceptors (Lipinski definition) is 4. The lowest BCUT2D eigenvalue weighted by Gasteiger charge is -2.32. The van der Waals surface area contributed by atoms with Crippen LogP contribution in [0, 0.1) is 6.92 Å². The average Bonchev–Trinajstić information content (AvgIpc) is 2.94. The molecule has 0 unspecified atom stereocenters. The number of carbonyl (C=O) groups is 1. The Morgan fingerprint density at radius 3 is 2.58 bits per heavy atom. The van der Waals surface area contributed by atoms with Crippen LogP contribution in [-0.2, 0) is 13.5 Å². The third-order valence-corrected chi connectivity index (χ3v) is 4.55. The highest BCUT2D eigenvalue weighted by molar-refractivity contribution is 5.90. The van der Waals surface area contributed by atoms with Gasteiger partial charge >= 0.3 is 0 Å². The van der Waals surface area contributed by atoms with Gasteiger partial charge in [-0.1, -0.05) is 30.3 Å². The maximum absolute atomic E-state index is 12.3. The van der Waals surface area contributed by atoms with Crippen molar-refractivity contribution in [1.82, 2.24) is 25.0 Å². The Labute approximate surface area is 142 Å². The van der Waals surface area contributed by atoms with E-state index in [1.54, 1.807) is 18.7 Å². The number of piperidine rings is 1. The van der Waals surface area contributed by atoms with Crippen molar-refractivity contribution in [2.45, 2.75) is 32.2 Å². The summed E-state index contributed by atoms with van der Waals surface area (Å²) in [7, 11) is 1.75. The van der Waals surface area contributed by atoms with Crippen LogP contribution in [0.2, 0.25) is 0 Å². The minimum Gasteiger partial charge on any atom is -0.346 e. The van der Waals surface area contributed by atoms with Gasteiger partial charge in [-0.2, -0.15) is 5.10 Å². The zero-order valence-corrected chi connectivity index (χ0v) is 14.4. The van der Waals surface area contributed by atoms with E-state index in [-0.39, 0.29) is 11.9 Å². The molecule has 24 heavy (non-hydrogen) atoms. The SMILES string of the molecule is Cc1nc(C(=O)NC2CCN(CCc3ccccc3)CC2)n(C)n1. The van der Waals surface area contributed by atoms with Gasteiger partial charge in [0.05, 0.1) is 0 Å². The second-order valence-electron chi connectivity index (χ2n) is 6.43. The standard InChI is InChI=1S/C18H25N5O/c1-14-19-17(22(2)21-14)18(24)20-16-9-12-23(13-10-16)11-8-15-6-4-3-5-7-15/h3-7,16H,8-13H2,1-2H3,(H,20,24). The van der Waals surface area contributed by atoms with Crippen LogP contribution in [-0.4, -0.2) is 51.2 Å². The molecule has 1 aromatic heterocycles. The number of nitrogens with one attached hydrogen (secondary N) is 1. The maximum Gasteiger partial charge on any atom is 0.289 e. The molecular weight excluding hydrogens is 302 g/mol. The van der Waals surface area contributed by atoms with Gasteiger partial charge in [-0.25, -0.2) is 9.67 Å². The number of nitrogens with zero attached hydrogens (tertiary/aromatic N) is 4. The van der Waals surface area contributed by atoms with Crippen LogP contribution in [0.5, 0.6) is 0 Å². The van der Waals surface area contributed by atoms with E-state index in [0.717, 1.165) is 38.9 Å². The molecule has 6 heteroatoms. The summed E-state index contributed by atoms with van der Waals surface area (Å²) in [5.41, 5.74) is 1.38. The van der Waals surface area contributed by atoms with Crippen molar-refractivity contribution in [2.24, 2.45) is 7.05 Å². The average molecular weight is 327 g/mol. The van der Waals surface area contributed by atoms with Gasteiger partial charge in [0.2, 0.25) is 5.82 Å². The van der Waals surface area contributed by atoms with Crippen molar-refractivity contribution in [3.05, 3.63) is 47.5 Å². The summed E-state index contributed by atoms with van der Waals surface area (Å²) >= 11 is 0. The molecule has 1 aromatic carbocycles. The van der Waals surface area contributed by atoms with Gasteiger partial charge in [0.15, 0.2) is 0 Å². The first kappa shape index (κ1) is 16.6. The van der Waals surface area contributed by atoms with E-state index in [4.69, 9.17) is 0 Å². The Balaban J connectivity index is 1.43. The third-order valence-electron chi connectivity index (χ3n) is 4.55. The first-order chi connectivity index (χ1) is 11.6. The molecule has 2 heterocycles. The molecule has 6 nitrogen and oxygen atoms in total. The minimum absolute atomic E-state index is 0.124. The molecule has 2 aromatic rings. The van der Waals surface area contributed by atoms with Gasteiger partial charge < -0.3 is 10.2 Å². The van der Waals surface area contributed by atoms with Gasteiger partial charge in [0, 0.05) is 32.7 Å². The molecular formula is C18H25N5O. The molecule has 0 saturated carbocycles. The summed E-state index contributed by atoms with van der Waals surface area (Å²) in [6.45, 7) is 4.92. The molecule has 3 rings (SSSR count). The Hall–Kier alpha value is -2.21. The zero-order chi connectivity index (χ0) is 16.9. The first-order valence-electron chi connectivity index (χ1n) is 8.56. The summed E-state index contributed by atoms with van der Waals surface area (Å²) < 4.78 is 1.54. The Kier molecular flexibility index (Phi) is 5.25. The molecule has 0 spiro atoms. The fraction of sp³-hybridized carbons (Fsp3) is 0.500. The lowest BCUT2D eigenvalue weighted by Crippen LogP contribution is -2.45. The second kappa shape index (κ2) is 7.57. The number of amides is 1. The number of likely N-dealkylation sites (tertiary alicyclic amines) is 1. The third kappa shape index (κ3) is 4.20. The monoisotopic (exact) mass is 327 g/mol. The fourth-order valence-electron chi connectivity index (χ4n) is 3.19. The van der Waals surface area contributed by atoms with E-state index in [1.807, 2.05) is 0 Å². The van der Waals surface area contributed by atoms with Crippen LogP contribution in [0.3, 0.4) is 0 Å². The highest BCUT2D eigenvalue weighted by atomic mass is 16.2. The van der Waals surface area contributed by atoms with Crippen LogP contribution in [0.25, 0.3) is 0 Å². The predicted molar refractivity (Wildman–Crippen MR) is 92.8 cm³/mol. The Bertz CT molecular complexity index is 674. The molecule has 128 valence electrons. The number of hydrogen-bond donors (Lipinski definition) is 1. The van der Waals surface area contributed by atoms with E-state index in [0.29, 0.717) is 11.6 Å². The zero-order valence-electron chi connectivity index (χ0n) is 14.4. The summed E-state index contributed by atoms with van der Waals surface area (Å²) in [6.07, 6.45) is 3.05. The van der Waals surface area contributed by atoms with Gasteiger partial charge in [-0.15, -0.1) is 0 Å². The number of rotatable bonds is 5. The summed E-state index contributed by atoms with van der Waals surface area (Å²) in [6, 6.07) is 10.8. The molecule has 0 aliphatic carbocycles. The van der Waals surface area contributed by atoms with Crippen LogP contribution in [0.4, 0.5) is 0 Å². The van der Waals surface area contributed by atoms with Crippen molar-refractivity contribution in [3.8, 4) is 0 Å². The molecule has 1 N–H and O–H groups in total. The predicted octanol–water partition coefficient (Wildman–Crippen LogP) is 1.56. The molecule has 0 bridgehead atoms. The first-order valence-corrected chi connectivity index (χ1v) is 8.56. The Morgan fingerprint density at radius 2 is 1.96 bits per heavy atom. The van der Waals surface area contributed by atoms with E-state index in [9.17, 15) is 4.79 Å². The van der Waals surface area contributed by atoms with Crippen LogP contribution in [0.15, 0.2) is 30.3 Å². The fourth-order valence-corrected chi connectivity index (χ4v) is 3.19. The largest absolute Gasteiger partial charge is 0.346 e. The lowest BCUT2D eigenvalue weighted by atomic mass is 10.0. The molecule has 1 saturated heterocycles. The van der Waals surface area contributed by atoms with Gasteiger partial charge in [-0.3, -0.25) is 4.79 Å². The molecule has 0 radical (unpaired) electrons. The highest BCUT2D eigenvalue weighted by Gasteiger charge is 2.23. The maximum atomic E-state index is 12.3. The van der Waals surface area contributed by atoms with Crippen molar-refractivity contribution < 1.29 is 4.79 Å². The van der Waals surface area contributed by atoms with E-state index >= 15 is 0 Å². The molecule has 0 atom stereocenters. The number of aryl methyl sites for hydroxylation is 2. The van der Waals surface area contributed by atoms with Crippen molar-refractivity contribution in [2.75, 3.05) is 19.6 Å². The van der Waals surface area contributed by atoms with Crippen molar-refractivity contribution in [3.63, 3.8) is 0 Å². The topological polar surface area (TPSA) is 63.1 Å². The summed E-state index contributed by atoms with van der Waals surface area (Å²) in [5.74, 6) is 0.887. The molecule has 1 aliphatic rings. The smallest absolute Gasteiger partial charge is 0.289 e. The summed E-state index contributed by atoms with van der Waals surface area (Å²) in [5, 5.41) is 7.22. The lowest BCUT2D eigenvalue weighted by molar-refractivity contribution is 0.0896. The number of benzene rings is 1. The van der Waals surface area contributed by atoms with Crippen LogP contribution < -0.4 is 5.32 Å².